The van der Waals surface area contributed by atoms with E-state index in [4.69, 9.17) is 4.74 Å². The topological polar surface area (TPSA) is 69.0 Å². The van der Waals surface area contributed by atoms with Crippen LogP contribution in [-0.4, -0.2) is 27.8 Å². The average molecular weight is 372 g/mol. The number of rotatable bonds is 5. The predicted molar refractivity (Wildman–Crippen MR) is 108 cm³/mol. The van der Waals surface area contributed by atoms with E-state index in [1.54, 1.807) is 18.0 Å². The fraction of sp³-hybridized carbons (Fsp3) is 0.136. The summed E-state index contributed by atoms with van der Waals surface area (Å²) in [6, 6.07) is 17.3. The second-order valence-electron chi connectivity index (χ2n) is 6.49. The minimum atomic E-state index is -0.157. The van der Waals surface area contributed by atoms with Crippen LogP contribution in [0.3, 0.4) is 0 Å². The predicted octanol–water partition coefficient (Wildman–Crippen LogP) is 3.67. The van der Waals surface area contributed by atoms with E-state index in [0.717, 1.165) is 27.9 Å². The Bertz CT molecular complexity index is 1140. The lowest BCUT2D eigenvalue weighted by atomic mass is 10.1. The molecule has 0 bridgehead atoms. The summed E-state index contributed by atoms with van der Waals surface area (Å²) in [5.74, 6) is 0.585. The van der Waals surface area contributed by atoms with Crippen molar-refractivity contribution in [1.29, 1.82) is 0 Å². The normalized spacial score (nSPS) is 10.8. The third kappa shape index (κ3) is 3.57. The number of carbonyl (C=O) groups is 1. The van der Waals surface area contributed by atoms with Crippen LogP contribution in [-0.2, 0) is 6.54 Å². The van der Waals surface area contributed by atoms with Gasteiger partial charge < -0.3 is 10.1 Å². The molecule has 0 unspecified atom stereocenters. The van der Waals surface area contributed by atoms with Crippen LogP contribution in [0.25, 0.3) is 16.6 Å². The number of aromatic nitrogens is 3. The molecule has 0 radical (unpaired) electrons. The van der Waals surface area contributed by atoms with Gasteiger partial charge in [-0.15, -0.1) is 0 Å². The van der Waals surface area contributed by atoms with Gasteiger partial charge in [-0.3, -0.25) is 9.78 Å². The van der Waals surface area contributed by atoms with Gasteiger partial charge in [-0.2, -0.15) is 5.10 Å². The second-order valence-corrected chi connectivity index (χ2v) is 6.49. The fourth-order valence-corrected chi connectivity index (χ4v) is 3.05. The molecule has 0 atom stereocenters. The molecule has 0 aliphatic carbocycles. The molecule has 0 aliphatic rings. The minimum Gasteiger partial charge on any atom is -0.497 e. The van der Waals surface area contributed by atoms with Crippen LogP contribution < -0.4 is 10.1 Å². The summed E-state index contributed by atoms with van der Waals surface area (Å²) in [7, 11) is 1.62. The van der Waals surface area contributed by atoms with Gasteiger partial charge in [0.2, 0.25) is 0 Å². The molecule has 0 saturated carbocycles. The number of benzene rings is 2. The number of pyridine rings is 1. The van der Waals surface area contributed by atoms with Crippen molar-refractivity contribution in [1.82, 2.24) is 20.1 Å². The molecule has 1 amide bonds. The van der Waals surface area contributed by atoms with Crippen molar-refractivity contribution in [3.63, 3.8) is 0 Å². The first kappa shape index (κ1) is 17.7. The molecule has 1 N–H and O–H groups in total. The molecular formula is C22H20N4O2. The Kier molecular flexibility index (Phi) is 4.76. The second kappa shape index (κ2) is 7.52. The number of carbonyl (C=O) groups excluding carboxylic acids is 1. The van der Waals surface area contributed by atoms with E-state index < -0.39 is 0 Å². The lowest BCUT2D eigenvalue weighted by Crippen LogP contribution is -2.23. The number of hydrogen-bond donors (Lipinski definition) is 1. The highest BCUT2D eigenvalue weighted by molar-refractivity contribution is 5.98. The van der Waals surface area contributed by atoms with Crippen LogP contribution in [0.5, 0.6) is 5.75 Å². The summed E-state index contributed by atoms with van der Waals surface area (Å²) in [5, 5.41) is 8.20. The number of para-hydroxylation sites is 1. The maximum absolute atomic E-state index is 12.7. The Hall–Kier alpha value is -3.67. The highest BCUT2D eigenvalue weighted by Gasteiger charge is 2.12. The highest BCUT2D eigenvalue weighted by atomic mass is 16.5. The van der Waals surface area contributed by atoms with Gasteiger partial charge >= 0.3 is 0 Å². The molecule has 140 valence electrons. The highest BCUT2D eigenvalue weighted by Crippen LogP contribution is 2.21. The van der Waals surface area contributed by atoms with E-state index in [-0.39, 0.29) is 5.91 Å². The molecule has 28 heavy (non-hydrogen) atoms. The largest absolute Gasteiger partial charge is 0.497 e. The zero-order chi connectivity index (χ0) is 19.5. The Morgan fingerprint density at radius 1 is 1.14 bits per heavy atom. The zero-order valence-electron chi connectivity index (χ0n) is 15.7. The fourth-order valence-electron chi connectivity index (χ4n) is 3.05. The van der Waals surface area contributed by atoms with Gasteiger partial charge in [0, 0.05) is 29.8 Å². The first-order chi connectivity index (χ1) is 13.6. The summed E-state index contributed by atoms with van der Waals surface area (Å²) < 4.78 is 7.02. The summed E-state index contributed by atoms with van der Waals surface area (Å²) in [6.45, 7) is 2.23. The average Bonchev–Trinajstić information content (AvgIpc) is 3.21. The van der Waals surface area contributed by atoms with Crippen LogP contribution in [0.2, 0.25) is 0 Å². The number of hydrogen-bond acceptors (Lipinski definition) is 4. The minimum absolute atomic E-state index is 0.157. The van der Waals surface area contributed by atoms with Crippen molar-refractivity contribution < 1.29 is 9.53 Å². The van der Waals surface area contributed by atoms with E-state index in [9.17, 15) is 4.79 Å². The van der Waals surface area contributed by atoms with Crippen molar-refractivity contribution in [3.8, 4) is 11.4 Å². The SMILES string of the molecule is COc1ccc2cc(C(=O)NCc3cnn(-c4ccccc4)c3)c(C)nc2c1. The Balaban J connectivity index is 1.49. The van der Waals surface area contributed by atoms with E-state index >= 15 is 0 Å². The van der Waals surface area contributed by atoms with Crippen LogP contribution in [0.4, 0.5) is 0 Å². The maximum atomic E-state index is 12.7. The van der Waals surface area contributed by atoms with Gasteiger partial charge in [0.1, 0.15) is 5.75 Å². The summed E-state index contributed by atoms with van der Waals surface area (Å²) in [6.07, 6.45) is 3.67. The number of nitrogens with one attached hydrogen (secondary N) is 1. The Labute approximate surface area is 162 Å². The van der Waals surface area contributed by atoms with Crippen LogP contribution >= 0.6 is 0 Å². The third-order valence-corrected chi connectivity index (χ3v) is 4.57. The van der Waals surface area contributed by atoms with Crippen molar-refractivity contribution in [3.05, 3.63) is 83.8 Å². The van der Waals surface area contributed by atoms with E-state index in [2.05, 4.69) is 15.4 Å². The van der Waals surface area contributed by atoms with Crippen molar-refractivity contribution >= 4 is 16.8 Å². The lowest BCUT2D eigenvalue weighted by Gasteiger charge is -2.09. The van der Waals surface area contributed by atoms with Crippen molar-refractivity contribution in [2.75, 3.05) is 7.11 Å². The van der Waals surface area contributed by atoms with Crippen molar-refractivity contribution in [2.45, 2.75) is 13.5 Å². The molecule has 2 heterocycles. The molecule has 4 aromatic rings. The van der Waals surface area contributed by atoms with Crippen LogP contribution in [0.1, 0.15) is 21.6 Å². The summed E-state index contributed by atoms with van der Waals surface area (Å²) in [5.41, 5.74) is 3.95. The molecular weight excluding hydrogens is 352 g/mol. The number of fused-ring (bicyclic) bond motifs is 1. The van der Waals surface area contributed by atoms with Gasteiger partial charge in [0.15, 0.2) is 0 Å². The Morgan fingerprint density at radius 2 is 1.96 bits per heavy atom. The molecule has 0 saturated heterocycles. The smallest absolute Gasteiger partial charge is 0.253 e. The van der Waals surface area contributed by atoms with Gasteiger partial charge in [-0.05, 0) is 37.3 Å². The summed E-state index contributed by atoms with van der Waals surface area (Å²) >= 11 is 0. The molecule has 0 aliphatic heterocycles. The molecule has 0 fully saturated rings. The number of aryl methyl sites for hydroxylation is 1. The first-order valence-electron chi connectivity index (χ1n) is 8.96. The molecule has 2 aromatic heterocycles. The van der Waals surface area contributed by atoms with Crippen LogP contribution in [0.15, 0.2) is 67.0 Å². The molecule has 6 heteroatoms. The molecule has 0 spiro atoms. The molecule has 6 nitrogen and oxygen atoms in total. The number of ether oxygens (including phenoxy) is 1. The van der Waals surface area contributed by atoms with E-state index in [1.165, 1.54) is 0 Å². The quantitative estimate of drug-likeness (QED) is 0.580. The van der Waals surface area contributed by atoms with Crippen LogP contribution in [0, 0.1) is 6.92 Å². The van der Waals surface area contributed by atoms with Gasteiger partial charge in [-0.25, -0.2) is 4.68 Å². The maximum Gasteiger partial charge on any atom is 0.253 e. The summed E-state index contributed by atoms with van der Waals surface area (Å²) in [4.78, 5) is 17.2. The zero-order valence-corrected chi connectivity index (χ0v) is 15.7. The molecule has 2 aromatic carbocycles. The van der Waals surface area contributed by atoms with E-state index in [0.29, 0.717) is 17.8 Å². The van der Waals surface area contributed by atoms with Gasteiger partial charge in [0.05, 0.1) is 35.8 Å². The van der Waals surface area contributed by atoms with E-state index in [1.807, 2.05) is 67.7 Å². The first-order valence-corrected chi connectivity index (χ1v) is 8.96. The van der Waals surface area contributed by atoms with Crippen molar-refractivity contribution in [2.24, 2.45) is 0 Å². The number of nitrogens with zero attached hydrogens (tertiary/aromatic N) is 3. The van der Waals surface area contributed by atoms with Gasteiger partial charge in [-0.1, -0.05) is 18.2 Å². The number of methoxy groups -OCH3 is 1. The van der Waals surface area contributed by atoms with Gasteiger partial charge in [0.25, 0.3) is 5.91 Å². The lowest BCUT2D eigenvalue weighted by molar-refractivity contribution is 0.0950. The number of amides is 1. The Morgan fingerprint density at radius 3 is 2.75 bits per heavy atom. The standard InChI is InChI=1S/C22H20N4O2/c1-15-20(10-17-8-9-19(28-2)11-21(17)25-15)22(27)23-12-16-13-24-26(14-16)18-6-4-3-5-7-18/h3-11,13-14H,12H2,1-2H3,(H,23,27). The monoisotopic (exact) mass is 372 g/mol. The third-order valence-electron chi connectivity index (χ3n) is 4.57. The molecule has 4 rings (SSSR count).